The van der Waals surface area contributed by atoms with Gasteiger partial charge in [0.15, 0.2) is 0 Å². The zero-order chi connectivity index (χ0) is 21.8. The minimum Gasteiger partial charge on any atom is -0.497 e. The second-order valence-corrected chi connectivity index (χ2v) is 8.09. The van der Waals surface area contributed by atoms with Crippen LogP contribution in [0.5, 0.6) is 5.75 Å². The van der Waals surface area contributed by atoms with Crippen LogP contribution in [-0.2, 0) is 6.54 Å². The van der Waals surface area contributed by atoms with Crippen molar-refractivity contribution in [1.29, 1.82) is 0 Å². The third-order valence-corrected chi connectivity index (χ3v) is 5.19. The zero-order valence-corrected chi connectivity index (χ0v) is 18.0. The third kappa shape index (κ3) is 5.39. The maximum atomic E-state index is 12.5. The minimum absolute atomic E-state index is 0.140. The number of nitrogens with zero attached hydrogens (tertiary/aromatic N) is 3. The van der Waals surface area contributed by atoms with E-state index in [4.69, 9.17) is 9.26 Å². The van der Waals surface area contributed by atoms with E-state index >= 15 is 0 Å². The van der Waals surface area contributed by atoms with Gasteiger partial charge in [0, 0.05) is 24.8 Å². The maximum Gasteiger partial charge on any atom is 0.290 e. The molecule has 2 N–H and O–H groups in total. The molecule has 0 aliphatic heterocycles. The number of carbonyl (C=O) groups excluding carboxylic acids is 1. The van der Waals surface area contributed by atoms with Gasteiger partial charge < -0.3 is 19.9 Å². The van der Waals surface area contributed by atoms with Crippen LogP contribution in [0.25, 0.3) is 11.4 Å². The van der Waals surface area contributed by atoms with Gasteiger partial charge in [0.2, 0.25) is 11.7 Å². The maximum absolute atomic E-state index is 12.5. The molecule has 0 spiro atoms. The molecular weight excluding hydrogens is 394 g/mol. The number of anilines is 1. The Morgan fingerprint density at radius 1 is 1.16 bits per heavy atom. The van der Waals surface area contributed by atoms with Gasteiger partial charge in [-0.15, -0.1) is 0 Å². The van der Waals surface area contributed by atoms with Crippen LogP contribution >= 0.6 is 0 Å². The van der Waals surface area contributed by atoms with Gasteiger partial charge in [-0.1, -0.05) is 31.1 Å². The van der Waals surface area contributed by atoms with Crippen molar-refractivity contribution in [2.75, 3.05) is 19.0 Å². The van der Waals surface area contributed by atoms with Gasteiger partial charge in [0.05, 0.1) is 12.8 Å². The number of amides is 1. The number of carbonyl (C=O) groups is 1. The molecule has 0 unspecified atom stereocenters. The summed E-state index contributed by atoms with van der Waals surface area (Å²) < 4.78 is 10.4. The van der Waals surface area contributed by atoms with Crippen LogP contribution in [0, 0.1) is 5.92 Å². The van der Waals surface area contributed by atoms with E-state index in [9.17, 15) is 4.79 Å². The van der Waals surface area contributed by atoms with E-state index in [1.165, 1.54) is 12.8 Å². The predicted octanol–water partition coefficient (Wildman–Crippen LogP) is 4.02. The van der Waals surface area contributed by atoms with Crippen molar-refractivity contribution < 1.29 is 14.1 Å². The second-order valence-electron chi connectivity index (χ2n) is 8.09. The topological polar surface area (TPSA) is 102 Å². The molecule has 4 rings (SSSR count). The second kappa shape index (κ2) is 9.16. The number of rotatable bonds is 9. The normalized spacial score (nSPS) is 13.3. The van der Waals surface area contributed by atoms with Crippen molar-refractivity contribution in [3.63, 3.8) is 0 Å². The molecule has 1 amide bonds. The summed E-state index contributed by atoms with van der Waals surface area (Å²) >= 11 is 0. The van der Waals surface area contributed by atoms with E-state index < -0.39 is 0 Å². The number of hydrogen-bond acceptors (Lipinski definition) is 7. The van der Waals surface area contributed by atoms with Crippen molar-refractivity contribution in [1.82, 2.24) is 20.4 Å². The lowest BCUT2D eigenvalue weighted by Gasteiger charge is -2.10. The first-order chi connectivity index (χ1) is 15.0. The number of methoxy groups -OCH3 is 1. The molecule has 0 atom stereocenters. The molecule has 0 bridgehead atoms. The van der Waals surface area contributed by atoms with Gasteiger partial charge in [-0.3, -0.25) is 4.79 Å². The largest absolute Gasteiger partial charge is 0.497 e. The monoisotopic (exact) mass is 421 g/mol. The van der Waals surface area contributed by atoms with Crippen molar-refractivity contribution in [2.24, 2.45) is 5.92 Å². The highest BCUT2D eigenvalue weighted by Crippen LogP contribution is 2.29. The van der Waals surface area contributed by atoms with Crippen LogP contribution in [-0.4, -0.2) is 34.7 Å². The highest BCUT2D eigenvalue weighted by atomic mass is 16.5. The molecule has 8 heteroatoms. The Hall–Kier alpha value is -3.42. The van der Waals surface area contributed by atoms with Gasteiger partial charge in [-0.2, -0.15) is 0 Å². The zero-order valence-electron chi connectivity index (χ0n) is 18.0. The Labute approximate surface area is 181 Å². The van der Waals surface area contributed by atoms with E-state index in [1.54, 1.807) is 13.2 Å². The molecule has 0 saturated heterocycles. The summed E-state index contributed by atoms with van der Waals surface area (Å²) in [5.74, 6) is 2.11. The molecule has 8 nitrogen and oxygen atoms in total. The molecule has 1 aliphatic carbocycles. The van der Waals surface area contributed by atoms with Crippen LogP contribution in [0.3, 0.4) is 0 Å². The Morgan fingerprint density at radius 3 is 2.61 bits per heavy atom. The van der Waals surface area contributed by atoms with Crippen molar-refractivity contribution >= 4 is 11.9 Å². The molecular formula is C23H27N5O3. The fraction of sp³-hybridized carbons (Fsp3) is 0.391. The fourth-order valence-corrected chi connectivity index (χ4v) is 3.05. The summed E-state index contributed by atoms with van der Waals surface area (Å²) in [5.41, 5.74) is 3.01. The van der Waals surface area contributed by atoms with E-state index in [-0.39, 0.29) is 17.6 Å². The first-order valence-electron chi connectivity index (χ1n) is 10.5. The summed E-state index contributed by atoms with van der Waals surface area (Å²) in [6.07, 6.45) is 2.50. The van der Waals surface area contributed by atoms with E-state index in [1.807, 2.05) is 30.3 Å². The molecule has 0 radical (unpaired) electrons. The lowest BCUT2D eigenvalue weighted by molar-refractivity contribution is 0.0914. The van der Waals surface area contributed by atoms with E-state index in [0.717, 1.165) is 23.6 Å². The molecule has 1 fully saturated rings. The lowest BCUT2D eigenvalue weighted by Crippen LogP contribution is -2.22. The number of aromatic nitrogens is 3. The third-order valence-electron chi connectivity index (χ3n) is 5.19. The average molecular weight is 422 g/mol. The standard InChI is InChI=1S/C23H27N5O3/c1-14(2)18-10-19(27-23(26-18)25-13-15-4-5-15)20-11-21(31-28-20)22(29)24-12-16-6-8-17(30-3)9-7-16/h6-11,14-15H,4-5,12-13H2,1-3H3,(H,24,29)(H,25,26,27). The van der Waals surface area contributed by atoms with Crippen LogP contribution < -0.4 is 15.4 Å². The molecule has 3 aromatic rings. The molecule has 1 aliphatic rings. The van der Waals surface area contributed by atoms with Crippen LogP contribution in [0.15, 0.2) is 40.9 Å². The van der Waals surface area contributed by atoms with Gasteiger partial charge in [-0.25, -0.2) is 9.97 Å². The van der Waals surface area contributed by atoms with E-state index in [0.29, 0.717) is 29.8 Å². The van der Waals surface area contributed by atoms with Gasteiger partial charge in [0.25, 0.3) is 5.91 Å². The Morgan fingerprint density at radius 2 is 1.94 bits per heavy atom. The number of benzene rings is 1. The first kappa shape index (κ1) is 20.8. The average Bonchev–Trinajstić information content (AvgIpc) is 3.49. The van der Waals surface area contributed by atoms with Crippen LogP contribution in [0.1, 0.15) is 54.4 Å². The number of ether oxygens (including phenoxy) is 1. The minimum atomic E-state index is -0.334. The van der Waals surface area contributed by atoms with Crippen molar-refractivity contribution in [2.45, 2.75) is 39.2 Å². The molecule has 162 valence electrons. The van der Waals surface area contributed by atoms with Gasteiger partial charge in [0.1, 0.15) is 11.4 Å². The number of hydrogen-bond donors (Lipinski definition) is 2. The lowest BCUT2D eigenvalue weighted by atomic mass is 10.1. The Balaban J connectivity index is 1.45. The molecule has 2 aromatic heterocycles. The van der Waals surface area contributed by atoms with Crippen LogP contribution in [0.4, 0.5) is 5.95 Å². The Kier molecular flexibility index (Phi) is 6.16. The molecule has 1 saturated carbocycles. The summed E-state index contributed by atoms with van der Waals surface area (Å²) in [4.78, 5) is 21.7. The fourth-order valence-electron chi connectivity index (χ4n) is 3.05. The van der Waals surface area contributed by atoms with Crippen LogP contribution in [0.2, 0.25) is 0 Å². The SMILES string of the molecule is COc1ccc(CNC(=O)c2cc(-c3cc(C(C)C)nc(NCC4CC4)n3)no2)cc1. The smallest absolute Gasteiger partial charge is 0.290 e. The molecule has 31 heavy (non-hydrogen) atoms. The summed E-state index contributed by atoms with van der Waals surface area (Å²) in [5, 5.41) is 10.2. The summed E-state index contributed by atoms with van der Waals surface area (Å²) in [7, 11) is 1.62. The summed E-state index contributed by atoms with van der Waals surface area (Å²) in [6, 6.07) is 11.0. The Bertz CT molecular complexity index is 1040. The predicted molar refractivity (Wildman–Crippen MR) is 117 cm³/mol. The number of nitrogens with one attached hydrogen (secondary N) is 2. The summed E-state index contributed by atoms with van der Waals surface area (Å²) in [6.45, 7) is 5.41. The first-order valence-corrected chi connectivity index (χ1v) is 10.5. The highest BCUT2D eigenvalue weighted by Gasteiger charge is 2.22. The van der Waals surface area contributed by atoms with Crippen molar-refractivity contribution in [3.8, 4) is 17.1 Å². The van der Waals surface area contributed by atoms with Gasteiger partial charge in [-0.05, 0) is 48.4 Å². The van der Waals surface area contributed by atoms with Crippen molar-refractivity contribution in [3.05, 3.63) is 53.4 Å². The molecule has 1 aromatic carbocycles. The highest BCUT2D eigenvalue weighted by molar-refractivity contribution is 5.92. The molecule has 2 heterocycles. The van der Waals surface area contributed by atoms with Gasteiger partial charge >= 0.3 is 0 Å². The quantitative estimate of drug-likeness (QED) is 0.538. The van der Waals surface area contributed by atoms with E-state index in [2.05, 4.69) is 39.6 Å².